The van der Waals surface area contributed by atoms with Gasteiger partial charge in [0.25, 0.3) is 0 Å². The van der Waals surface area contributed by atoms with E-state index in [1.54, 1.807) is 55.2 Å². The lowest BCUT2D eigenvalue weighted by atomic mass is 10.1. The largest absolute Gasteiger partial charge is 0.544 e. The van der Waals surface area contributed by atoms with Crippen LogP contribution in [0.2, 0.25) is 0 Å². The Morgan fingerprint density at radius 3 is 2.62 bits per heavy atom. The van der Waals surface area contributed by atoms with E-state index in [9.17, 15) is 14.7 Å². The number of amides is 1. The number of carboxylic acid groups (broad SMARTS) is 1. The molecule has 7 nitrogen and oxygen atoms in total. The van der Waals surface area contributed by atoms with Gasteiger partial charge in [-0.05, 0) is 30.3 Å². The zero-order chi connectivity index (χ0) is 17.4. The van der Waals surface area contributed by atoms with Crippen molar-refractivity contribution in [2.24, 2.45) is 0 Å². The summed E-state index contributed by atoms with van der Waals surface area (Å²) in [5.74, 6) is -0.994. The van der Waals surface area contributed by atoms with Crippen LogP contribution in [0, 0.1) is 0 Å². The van der Waals surface area contributed by atoms with Gasteiger partial charge in [-0.1, -0.05) is 6.07 Å². The number of ether oxygens (including phenoxy) is 1. The fourth-order valence-corrected chi connectivity index (χ4v) is 2.15. The number of hydrogen-bond acceptors (Lipinski definition) is 5. The number of quaternary nitrogens is 1. The summed E-state index contributed by atoms with van der Waals surface area (Å²) in [6, 6.07) is 9.43. The summed E-state index contributed by atoms with van der Waals surface area (Å²) < 4.78 is 5.04. The van der Waals surface area contributed by atoms with Crippen LogP contribution in [0.5, 0.6) is 5.75 Å². The molecule has 2 aromatic rings. The third-order valence-electron chi connectivity index (χ3n) is 3.44. The number of benzene rings is 1. The van der Waals surface area contributed by atoms with E-state index in [-0.39, 0.29) is 6.42 Å². The van der Waals surface area contributed by atoms with Crippen molar-refractivity contribution in [3.63, 3.8) is 0 Å². The second-order valence-corrected chi connectivity index (χ2v) is 5.21. The lowest BCUT2D eigenvalue weighted by Crippen LogP contribution is -2.92. The maximum Gasteiger partial charge on any atom is 0.230 e. The van der Waals surface area contributed by atoms with E-state index in [2.05, 4.69) is 10.3 Å². The average Bonchev–Trinajstić information content (AvgIpc) is 2.60. The zero-order valence-electron chi connectivity index (χ0n) is 13.3. The van der Waals surface area contributed by atoms with Crippen molar-refractivity contribution >= 4 is 17.6 Å². The van der Waals surface area contributed by atoms with Gasteiger partial charge in [-0.3, -0.25) is 9.78 Å². The Bertz CT molecular complexity index is 674. The Morgan fingerprint density at radius 1 is 1.29 bits per heavy atom. The van der Waals surface area contributed by atoms with Crippen LogP contribution in [0.1, 0.15) is 12.0 Å². The number of carbonyl (C=O) groups excluding carboxylic acids is 2. The number of nitrogens with one attached hydrogen (secondary N) is 1. The molecule has 7 heteroatoms. The molecule has 1 aromatic carbocycles. The minimum absolute atomic E-state index is 0.186. The smallest absolute Gasteiger partial charge is 0.230 e. The molecular formula is C17H19N3O4. The first-order valence-corrected chi connectivity index (χ1v) is 7.45. The van der Waals surface area contributed by atoms with Crippen molar-refractivity contribution in [1.29, 1.82) is 0 Å². The Kier molecular flexibility index (Phi) is 6.27. The number of hydrogen-bond donors (Lipinski definition) is 2. The van der Waals surface area contributed by atoms with E-state index in [0.717, 1.165) is 5.56 Å². The lowest BCUT2D eigenvalue weighted by Gasteiger charge is -2.16. The molecule has 2 rings (SSSR count). The number of pyridine rings is 1. The molecule has 1 atom stereocenters. The summed E-state index contributed by atoms with van der Waals surface area (Å²) >= 11 is 0. The molecule has 1 heterocycles. The minimum Gasteiger partial charge on any atom is -0.544 e. The highest BCUT2D eigenvalue weighted by Gasteiger charge is 2.18. The van der Waals surface area contributed by atoms with Gasteiger partial charge in [0, 0.05) is 23.6 Å². The van der Waals surface area contributed by atoms with Crippen molar-refractivity contribution < 1.29 is 24.7 Å². The summed E-state index contributed by atoms with van der Waals surface area (Å²) in [6.45, 7) is 0.405. The van der Waals surface area contributed by atoms with Crippen molar-refractivity contribution in [1.82, 2.24) is 4.98 Å². The summed E-state index contributed by atoms with van der Waals surface area (Å²) in [4.78, 5) is 27.2. The Morgan fingerprint density at radius 2 is 2.04 bits per heavy atom. The van der Waals surface area contributed by atoms with Crippen LogP contribution in [0.4, 0.5) is 5.69 Å². The summed E-state index contributed by atoms with van der Waals surface area (Å²) in [6.07, 6.45) is 3.11. The van der Waals surface area contributed by atoms with E-state index < -0.39 is 17.9 Å². The van der Waals surface area contributed by atoms with Crippen LogP contribution in [0.25, 0.3) is 0 Å². The fraction of sp³-hybridized carbons (Fsp3) is 0.235. The van der Waals surface area contributed by atoms with E-state index in [1.165, 1.54) is 0 Å². The quantitative estimate of drug-likeness (QED) is 0.666. The molecule has 3 N–H and O–H groups in total. The molecule has 0 aliphatic rings. The van der Waals surface area contributed by atoms with Crippen LogP contribution >= 0.6 is 0 Å². The first-order chi connectivity index (χ1) is 11.6. The van der Waals surface area contributed by atoms with Gasteiger partial charge in [-0.25, -0.2) is 0 Å². The van der Waals surface area contributed by atoms with Gasteiger partial charge in [0.05, 0.1) is 19.5 Å². The molecule has 0 radical (unpaired) electrons. The van der Waals surface area contributed by atoms with Gasteiger partial charge in [0.2, 0.25) is 5.91 Å². The fourth-order valence-electron chi connectivity index (χ4n) is 2.15. The van der Waals surface area contributed by atoms with Crippen LogP contribution in [0.15, 0.2) is 48.8 Å². The van der Waals surface area contributed by atoms with Gasteiger partial charge < -0.3 is 25.3 Å². The number of carboxylic acids is 1. The van der Waals surface area contributed by atoms with Crippen LogP contribution in [-0.2, 0) is 16.1 Å². The molecule has 0 fully saturated rings. The number of aliphatic carboxylic acids is 1. The maximum absolute atomic E-state index is 12.0. The lowest BCUT2D eigenvalue weighted by molar-refractivity contribution is -0.697. The van der Waals surface area contributed by atoms with E-state index >= 15 is 0 Å². The number of nitrogens with zero attached hydrogens (tertiary/aromatic N) is 1. The molecule has 0 aliphatic carbocycles. The van der Waals surface area contributed by atoms with Gasteiger partial charge in [0.1, 0.15) is 18.3 Å². The van der Waals surface area contributed by atoms with Crippen molar-refractivity contribution in [2.75, 3.05) is 12.4 Å². The second kappa shape index (κ2) is 8.64. The van der Waals surface area contributed by atoms with Gasteiger partial charge in [0.15, 0.2) is 0 Å². The van der Waals surface area contributed by atoms with Crippen molar-refractivity contribution in [3.05, 3.63) is 54.4 Å². The zero-order valence-corrected chi connectivity index (χ0v) is 13.3. The maximum atomic E-state index is 12.0. The monoisotopic (exact) mass is 329 g/mol. The normalized spacial score (nSPS) is 11.5. The Hall–Kier alpha value is -2.93. The van der Waals surface area contributed by atoms with Crippen molar-refractivity contribution in [2.45, 2.75) is 19.0 Å². The van der Waals surface area contributed by atoms with Crippen LogP contribution in [-0.4, -0.2) is 30.0 Å². The highest BCUT2D eigenvalue weighted by atomic mass is 16.5. The van der Waals surface area contributed by atoms with Gasteiger partial charge in [-0.2, -0.15) is 0 Å². The molecule has 0 saturated carbocycles. The number of methoxy groups -OCH3 is 1. The molecular weight excluding hydrogens is 310 g/mol. The molecule has 0 spiro atoms. The average molecular weight is 329 g/mol. The molecule has 24 heavy (non-hydrogen) atoms. The SMILES string of the molecule is COc1ccc(NC(=O)C[C@@H]([NH2+]Cc2cccnc2)C(=O)[O-])cc1. The molecule has 0 aliphatic heterocycles. The number of nitrogens with two attached hydrogens (primary N) is 1. The number of anilines is 1. The van der Waals surface area contributed by atoms with E-state index in [4.69, 9.17) is 4.74 Å². The number of rotatable bonds is 8. The first-order valence-electron chi connectivity index (χ1n) is 7.45. The molecule has 1 amide bonds. The number of carbonyl (C=O) groups is 2. The minimum atomic E-state index is -1.27. The predicted molar refractivity (Wildman–Crippen MR) is 84.9 cm³/mol. The first kappa shape index (κ1) is 17.4. The molecule has 0 unspecified atom stereocenters. The predicted octanol–water partition coefficient (Wildman–Crippen LogP) is -0.699. The van der Waals surface area contributed by atoms with Crippen LogP contribution < -0.4 is 20.5 Å². The molecule has 0 bridgehead atoms. The van der Waals surface area contributed by atoms with E-state index in [0.29, 0.717) is 18.0 Å². The summed E-state index contributed by atoms with van der Waals surface area (Å²) in [7, 11) is 1.55. The second-order valence-electron chi connectivity index (χ2n) is 5.21. The standard InChI is InChI=1S/C17H19N3O4/c1-24-14-6-4-13(5-7-14)20-16(21)9-15(17(22)23)19-11-12-3-2-8-18-10-12/h2-8,10,15,19H,9,11H2,1H3,(H,20,21)(H,22,23)/t15-/m1/s1. The summed E-state index contributed by atoms with van der Waals surface area (Å²) in [5.41, 5.74) is 1.45. The molecule has 0 saturated heterocycles. The number of aromatic nitrogens is 1. The Labute approximate surface area is 139 Å². The topological polar surface area (TPSA) is 108 Å². The molecule has 1 aromatic heterocycles. The third kappa shape index (κ3) is 5.36. The summed E-state index contributed by atoms with van der Waals surface area (Å²) in [5, 5.41) is 15.5. The van der Waals surface area contributed by atoms with Gasteiger partial charge in [-0.15, -0.1) is 0 Å². The highest BCUT2D eigenvalue weighted by molar-refractivity contribution is 5.93. The Balaban J connectivity index is 1.89. The van der Waals surface area contributed by atoms with Crippen LogP contribution in [0.3, 0.4) is 0 Å². The van der Waals surface area contributed by atoms with Gasteiger partial charge >= 0.3 is 0 Å². The van der Waals surface area contributed by atoms with E-state index in [1.807, 2.05) is 6.07 Å². The van der Waals surface area contributed by atoms with Crippen molar-refractivity contribution in [3.8, 4) is 5.75 Å². The molecule has 126 valence electrons. The third-order valence-corrected chi connectivity index (χ3v) is 3.44. The highest BCUT2D eigenvalue weighted by Crippen LogP contribution is 2.15.